The Bertz CT molecular complexity index is 1010. The van der Waals surface area contributed by atoms with Gasteiger partial charge in [-0.05, 0) is 64.2 Å². The van der Waals surface area contributed by atoms with Crippen molar-refractivity contribution in [1.82, 2.24) is 15.5 Å². The third-order valence-electron chi connectivity index (χ3n) is 5.51. The predicted molar refractivity (Wildman–Crippen MR) is 133 cm³/mol. The molecule has 0 aromatic heterocycles. The lowest BCUT2D eigenvalue weighted by Crippen LogP contribution is -2.53. The molecule has 0 saturated carbocycles. The van der Waals surface area contributed by atoms with Crippen LogP contribution in [0.2, 0.25) is 0 Å². The number of carbonyl (C=O) groups is 4. The van der Waals surface area contributed by atoms with Crippen molar-refractivity contribution in [1.29, 1.82) is 0 Å². The van der Waals surface area contributed by atoms with Crippen molar-refractivity contribution in [3.63, 3.8) is 0 Å². The first-order valence-electron chi connectivity index (χ1n) is 11.9. The van der Waals surface area contributed by atoms with E-state index in [1.165, 1.54) is 17.0 Å². The highest BCUT2D eigenvalue weighted by Crippen LogP contribution is 2.25. The molecule has 1 saturated heterocycles. The second kappa shape index (κ2) is 12.9. The standard InChI is InChI=1S/C24H35FN6O6/c1-24(2,3)37-23(36)30-18(14-8-10-15(25)11-9-14)20(33)31-13-5-7-17(31)19(32)29-16(21(34)35)6-4-12-28-22(26)27/h8-11,16-18H,4-7,12-13H2,1-3H3,(H,29,32)(H,30,36)(H,34,35)(H4,26,27,28)/t16-,17-,18-/m0/s1. The third kappa shape index (κ3) is 9.24. The van der Waals surface area contributed by atoms with E-state index in [2.05, 4.69) is 15.6 Å². The number of amides is 3. The van der Waals surface area contributed by atoms with E-state index in [1.807, 2.05) is 0 Å². The number of likely N-dealkylation sites (tertiary alicyclic amines) is 1. The number of nitrogens with two attached hydrogens (primary N) is 2. The summed E-state index contributed by atoms with van der Waals surface area (Å²) in [7, 11) is 0. The molecule has 1 fully saturated rings. The van der Waals surface area contributed by atoms with Crippen molar-refractivity contribution in [2.45, 2.75) is 70.2 Å². The molecule has 0 unspecified atom stereocenters. The van der Waals surface area contributed by atoms with Gasteiger partial charge in [-0.1, -0.05) is 12.1 Å². The predicted octanol–water partition coefficient (Wildman–Crippen LogP) is 1.01. The number of nitrogens with one attached hydrogen (secondary N) is 2. The van der Waals surface area contributed by atoms with Gasteiger partial charge in [-0.3, -0.25) is 14.6 Å². The van der Waals surface area contributed by atoms with Gasteiger partial charge in [0.05, 0.1) is 0 Å². The zero-order chi connectivity index (χ0) is 27.8. The molecule has 0 bridgehead atoms. The Morgan fingerprint density at radius 2 is 1.84 bits per heavy atom. The van der Waals surface area contributed by atoms with Gasteiger partial charge in [-0.15, -0.1) is 0 Å². The number of ether oxygens (including phenoxy) is 1. The van der Waals surface area contributed by atoms with Gasteiger partial charge in [-0.2, -0.15) is 0 Å². The molecule has 204 valence electrons. The molecule has 1 aromatic rings. The van der Waals surface area contributed by atoms with E-state index in [-0.39, 0.29) is 25.5 Å². The van der Waals surface area contributed by atoms with E-state index < -0.39 is 53.4 Å². The van der Waals surface area contributed by atoms with E-state index >= 15 is 0 Å². The molecule has 3 atom stereocenters. The molecule has 0 spiro atoms. The minimum absolute atomic E-state index is 0.0803. The minimum atomic E-state index is -1.25. The largest absolute Gasteiger partial charge is 0.480 e. The molecule has 0 radical (unpaired) electrons. The van der Waals surface area contributed by atoms with Crippen molar-refractivity contribution in [3.05, 3.63) is 35.6 Å². The van der Waals surface area contributed by atoms with E-state index in [0.717, 1.165) is 12.1 Å². The lowest BCUT2D eigenvalue weighted by molar-refractivity contribution is -0.144. The number of carboxylic acid groups (broad SMARTS) is 1. The molecule has 1 aliphatic rings. The Labute approximate surface area is 214 Å². The van der Waals surface area contributed by atoms with Gasteiger partial charge < -0.3 is 36.8 Å². The summed E-state index contributed by atoms with van der Waals surface area (Å²) in [5, 5.41) is 14.5. The molecular formula is C24H35FN6O6. The topological polar surface area (TPSA) is 189 Å². The zero-order valence-corrected chi connectivity index (χ0v) is 21.2. The van der Waals surface area contributed by atoms with Crippen LogP contribution in [0.1, 0.15) is 58.1 Å². The summed E-state index contributed by atoms with van der Waals surface area (Å²) in [6.45, 7) is 5.41. The highest BCUT2D eigenvalue weighted by molar-refractivity contribution is 5.93. The van der Waals surface area contributed by atoms with E-state index in [1.54, 1.807) is 20.8 Å². The highest BCUT2D eigenvalue weighted by Gasteiger charge is 2.39. The van der Waals surface area contributed by atoms with Crippen molar-refractivity contribution < 1.29 is 33.4 Å². The van der Waals surface area contributed by atoms with Crippen molar-refractivity contribution >= 4 is 29.8 Å². The number of benzene rings is 1. The maximum Gasteiger partial charge on any atom is 0.408 e. The molecule has 1 aliphatic heterocycles. The van der Waals surface area contributed by atoms with Crippen LogP contribution in [0.15, 0.2) is 29.3 Å². The lowest BCUT2D eigenvalue weighted by Gasteiger charge is -2.30. The summed E-state index contributed by atoms with van der Waals surface area (Å²) < 4.78 is 18.8. The molecule has 1 aromatic carbocycles. The first kappa shape index (κ1) is 29.3. The van der Waals surface area contributed by atoms with Crippen LogP contribution < -0.4 is 22.1 Å². The molecule has 2 rings (SSSR count). The Morgan fingerprint density at radius 1 is 1.19 bits per heavy atom. The zero-order valence-electron chi connectivity index (χ0n) is 21.2. The average Bonchev–Trinajstić information content (AvgIpc) is 3.28. The number of carboxylic acids is 1. The van der Waals surface area contributed by atoms with Gasteiger partial charge in [-0.25, -0.2) is 14.0 Å². The van der Waals surface area contributed by atoms with Crippen LogP contribution in [-0.2, 0) is 19.1 Å². The van der Waals surface area contributed by atoms with Gasteiger partial charge in [0.15, 0.2) is 5.96 Å². The van der Waals surface area contributed by atoms with E-state index in [9.17, 15) is 28.7 Å². The molecule has 1 heterocycles. The normalized spacial score (nSPS) is 16.9. The van der Waals surface area contributed by atoms with E-state index in [4.69, 9.17) is 16.2 Å². The van der Waals surface area contributed by atoms with Crippen LogP contribution in [0.4, 0.5) is 9.18 Å². The summed E-state index contributed by atoms with van der Waals surface area (Å²) in [6, 6.07) is 1.62. The maximum absolute atomic E-state index is 13.6. The molecule has 7 N–H and O–H groups in total. The van der Waals surface area contributed by atoms with Crippen LogP contribution in [0.25, 0.3) is 0 Å². The summed E-state index contributed by atoms with van der Waals surface area (Å²) in [4.78, 5) is 55.8. The molecule has 13 heteroatoms. The SMILES string of the molecule is CC(C)(C)OC(=O)N[C@H](C(=O)N1CCC[C@H]1C(=O)N[C@@H](CCCN=C(N)N)C(=O)O)c1ccc(F)cc1. The molecule has 0 aliphatic carbocycles. The van der Waals surface area contributed by atoms with Crippen LogP contribution >= 0.6 is 0 Å². The quantitative estimate of drug-likeness (QED) is 0.171. The number of hydrogen-bond donors (Lipinski definition) is 5. The average molecular weight is 523 g/mol. The molecule has 3 amide bonds. The fourth-order valence-corrected chi connectivity index (χ4v) is 3.87. The number of alkyl carbamates (subject to hydrolysis) is 1. The van der Waals surface area contributed by atoms with Gasteiger partial charge >= 0.3 is 12.1 Å². The second-order valence-corrected chi connectivity index (χ2v) is 9.67. The maximum atomic E-state index is 13.6. The van der Waals surface area contributed by atoms with E-state index in [0.29, 0.717) is 24.8 Å². The fraction of sp³-hybridized carbons (Fsp3) is 0.542. The smallest absolute Gasteiger partial charge is 0.408 e. The summed E-state index contributed by atoms with van der Waals surface area (Å²) >= 11 is 0. The molecular weight excluding hydrogens is 487 g/mol. The molecule has 12 nitrogen and oxygen atoms in total. The first-order valence-corrected chi connectivity index (χ1v) is 11.9. The van der Waals surface area contributed by atoms with Crippen LogP contribution in [0.3, 0.4) is 0 Å². The highest BCUT2D eigenvalue weighted by atomic mass is 19.1. The summed E-state index contributed by atoms with van der Waals surface area (Å²) in [5.74, 6) is -3.11. The van der Waals surface area contributed by atoms with Gasteiger partial charge in [0.1, 0.15) is 29.5 Å². The first-order chi connectivity index (χ1) is 17.3. The Morgan fingerprint density at radius 3 is 2.41 bits per heavy atom. The number of halogens is 1. The second-order valence-electron chi connectivity index (χ2n) is 9.67. The van der Waals surface area contributed by atoms with Crippen molar-refractivity contribution in [2.75, 3.05) is 13.1 Å². The number of aliphatic imine (C=N–C) groups is 1. The summed E-state index contributed by atoms with van der Waals surface area (Å²) in [6.07, 6.45) is 0.336. The number of carbonyl (C=O) groups excluding carboxylic acids is 3. The van der Waals surface area contributed by atoms with Crippen LogP contribution in [0.5, 0.6) is 0 Å². The minimum Gasteiger partial charge on any atom is -0.480 e. The fourth-order valence-electron chi connectivity index (χ4n) is 3.87. The number of rotatable bonds is 10. The number of nitrogens with zero attached hydrogens (tertiary/aromatic N) is 2. The van der Waals surface area contributed by atoms with Crippen LogP contribution in [-0.4, -0.2) is 70.6 Å². The Kier molecular flexibility index (Phi) is 10.2. The number of hydrogen-bond acceptors (Lipinski definition) is 6. The summed E-state index contributed by atoms with van der Waals surface area (Å²) in [5.41, 5.74) is 9.99. The van der Waals surface area contributed by atoms with Crippen molar-refractivity contribution in [2.24, 2.45) is 16.5 Å². The Hall–Kier alpha value is -3.90. The third-order valence-corrected chi connectivity index (χ3v) is 5.51. The van der Waals surface area contributed by atoms with Gasteiger partial charge in [0.2, 0.25) is 5.91 Å². The molecule has 37 heavy (non-hydrogen) atoms. The monoisotopic (exact) mass is 522 g/mol. The number of guanidine groups is 1. The lowest BCUT2D eigenvalue weighted by atomic mass is 10.0. The number of aliphatic carboxylic acids is 1. The van der Waals surface area contributed by atoms with Gasteiger partial charge in [0, 0.05) is 13.1 Å². The van der Waals surface area contributed by atoms with Crippen molar-refractivity contribution in [3.8, 4) is 0 Å². The van der Waals surface area contributed by atoms with Gasteiger partial charge in [0.25, 0.3) is 5.91 Å². The van der Waals surface area contributed by atoms with Crippen LogP contribution in [0, 0.1) is 5.82 Å². The Balaban J connectivity index is 2.19.